The number of carboxylic acid groups (broad SMARTS) is 1. The Labute approximate surface area is 225 Å². The molecule has 3 heterocycles. The first kappa shape index (κ1) is 27.8. The Kier molecular flexibility index (Phi) is 9.26. The molecule has 2 amide bonds. The fourth-order valence-corrected chi connectivity index (χ4v) is 4.20. The van der Waals surface area contributed by atoms with E-state index in [1.165, 1.54) is 9.96 Å². The largest absolute Gasteiger partial charge is 0.527 e. The Hall–Kier alpha value is -4.26. The number of carbonyl (C=O) groups excluding carboxylic acids is 3. The first-order valence-electron chi connectivity index (χ1n) is 12.9. The Bertz CT molecular complexity index is 1180. The van der Waals surface area contributed by atoms with Gasteiger partial charge in [-0.05, 0) is 19.8 Å². The van der Waals surface area contributed by atoms with Crippen LogP contribution in [0, 0.1) is 0 Å². The van der Waals surface area contributed by atoms with Crippen LogP contribution in [0.5, 0.6) is 0 Å². The fourth-order valence-electron chi connectivity index (χ4n) is 4.20. The number of anilines is 1. The average molecular weight is 541 g/mol. The van der Waals surface area contributed by atoms with Crippen LogP contribution >= 0.6 is 0 Å². The Morgan fingerprint density at radius 1 is 1.03 bits per heavy atom. The van der Waals surface area contributed by atoms with Gasteiger partial charge in [0.1, 0.15) is 17.6 Å². The summed E-state index contributed by atoms with van der Waals surface area (Å²) in [5.41, 5.74) is 0.835. The molecular weight excluding hydrogens is 508 g/mol. The molecule has 13 nitrogen and oxygen atoms in total. The van der Waals surface area contributed by atoms with E-state index >= 15 is 0 Å². The number of hydroxylamine groups is 2. The third-order valence-electron chi connectivity index (χ3n) is 6.42. The van der Waals surface area contributed by atoms with Crippen molar-refractivity contribution in [2.75, 3.05) is 50.8 Å². The smallest absolute Gasteiger partial charge is 0.481 e. The number of ether oxygens (including phenoxy) is 1. The van der Waals surface area contributed by atoms with Gasteiger partial charge in [-0.15, -0.1) is 5.06 Å². The van der Waals surface area contributed by atoms with Gasteiger partial charge in [-0.3, -0.25) is 14.4 Å². The number of piperazine rings is 1. The van der Waals surface area contributed by atoms with Crippen LogP contribution in [-0.4, -0.2) is 101 Å². The highest BCUT2D eigenvalue weighted by Crippen LogP contribution is 2.23. The number of nitrogens with one attached hydrogen (secondary N) is 1. The van der Waals surface area contributed by atoms with E-state index in [-0.39, 0.29) is 51.3 Å². The summed E-state index contributed by atoms with van der Waals surface area (Å²) in [5, 5.41) is 13.3. The number of hydrogen-bond donors (Lipinski definition) is 2. The average Bonchev–Trinajstić information content (AvgIpc) is 2.90. The molecule has 0 aliphatic carbocycles. The zero-order chi connectivity index (χ0) is 27.8. The second-order valence-electron chi connectivity index (χ2n) is 9.13. The van der Waals surface area contributed by atoms with Gasteiger partial charge in [0.2, 0.25) is 5.91 Å². The molecule has 1 atom stereocenters. The summed E-state index contributed by atoms with van der Waals surface area (Å²) in [4.78, 5) is 67.3. The lowest BCUT2D eigenvalue weighted by atomic mass is 10.1. The standard InChI is InChI=1S/C26H32N6O7/c1-2-38-26(37)39-32-15-13-31(14-16-32)25(36)19(9-10-22(33)34)28-24(35)20-17-21(30-11-6-12-30)29-23(27-20)18-7-4-3-5-8-18/h3-5,7-8,17,19H,2,6,9-16H2,1H3,(H,28,35)(H,33,34)/t19-/m0/s1. The molecule has 2 N–H and O–H groups in total. The molecule has 1 aromatic carbocycles. The molecule has 39 heavy (non-hydrogen) atoms. The molecule has 2 fully saturated rings. The lowest BCUT2D eigenvalue weighted by molar-refractivity contribution is -0.157. The zero-order valence-electron chi connectivity index (χ0n) is 21.7. The summed E-state index contributed by atoms with van der Waals surface area (Å²) in [5.74, 6) is -1.09. The monoisotopic (exact) mass is 540 g/mol. The van der Waals surface area contributed by atoms with E-state index < -0.39 is 30.0 Å². The fraction of sp³-hybridized carbons (Fsp3) is 0.462. The first-order valence-corrected chi connectivity index (χ1v) is 12.9. The van der Waals surface area contributed by atoms with Crippen molar-refractivity contribution in [3.8, 4) is 11.4 Å². The van der Waals surface area contributed by atoms with Crippen molar-refractivity contribution < 1.29 is 33.9 Å². The molecule has 0 unspecified atom stereocenters. The minimum atomic E-state index is -1.08. The number of rotatable bonds is 10. The molecule has 0 bridgehead atoms. The summed E-state index contributed by atoms with van der Waals surface area (Å²) in [6.07, 6.45) is -0.188. The molecule has 2 aliphatic heterocycles. The molecule has 1 aromatic heterocycles. The molecular formula is C26H32N6O7. The van der Waals surface area contributed by atoms with Gasteiger partial charge in [0.15, 0.2) is 5.82 Å². The van der Waals surface area contributed by atoms with Crippen LogP contribution in [0.15, 0.2) is 36.4 Å². The highest BCUT2D eigenvalue weighted by molar-refractivity contribution is 5.97. The van der Waals surface area contributed by atoms with Crippen molar-refractivity contribution in [1.29, 1.82) is 0 Å². The molecule has 0 spiro atoms. The third kappa shape index (κ3) is 7.41. The lowest BCUT2D eigenvalue weighted by Crippen LogP contribution is -2.55. The van der Waals surface area contributed by atoms with Gasteiger partial charge in [0, 0.05) is 44.2 Å². The maximum absolute atomic E-state index is 13.4. The summed E-state index contributed by atoms with van der Waals surface area (Å²) in [6, 6.07) is 9.79. The number of aliphatic carboxylic acids is 1. The lowest BCUT2D eigenvalue weighted by Gasteiger charge is -2.35. The molecule has 0 radical (unpaired) electrons. The van der Waals surface area contributed by atoms with Crippen LogP contribution in [0.4, 0.5) is 10.6 Å². The second kappa shape index (κ2) is 13.0. The van der Waals surface area contributed by atoms with Gasteiger partial charge in [0.05, 0.1) is 19.7 Å². The number of amides is 2. The van der Waals surface area contributed by atoms with Gasteiger partial charge >= 0.3 is 12.1 Å². The summed E-state index contributed by atoms with van der Waals surface area (Å²) in [6.45, 7) is 4.42. The molecule has 2 aliphatic rings. The summed E-state index contributed by atoms with van der Waals surface area (Å²) < 4.78 is 4.77. The molecule has 13 heteroatoms. The number of carboxylic acids is 1. The summed E-state index contributed by atoms with van der Waals surface area (Å²) in [7, 11) is 0. The van der Waals surface area contributed by atoms with E-state index in [2.05, 4.69) is 15.3 Å². The van der Waals surface area contributed by atoms with Gasteiger partial charge < -0.3 is 29.8 Å². The van der Waals surface area contributed by atoms with E-state index in [9.17, 15) is 24.3 Å². The maximum Gasteiger partial charge on any atom is 0.527 e. The zero-order valence-corrected chi connectivity index (χ0v) is 21.7. The van der Waals surface area contributed by atoms with Crippen LogP contribution in [0.2, 0.25) is 0 Å². The number of nitrogens with zero attached hydrogens (tertiary/aromatic N) is 5. The Balaban J connectivity index is 1.48. The van der Waals surface area contributed by atoms with Gasteiger partial charge in [-0.1, -0.05) is 30.3 Å². The van der Waals surface area contributed by atoms with E-state index in [1.807, 2.05) is 35.2 Å². The SMILES string of the molecule is CCOC(=O)ON1CCN(C(=O)[C@H](CCC(=O)O)NC(=O)c2cc(N3CCC3)nc(-c3ccccc3)n2)CC1. The maximum atomic E-state index is 13.4. The number of aromatic nitrogens is 2. The van der Waals surface area contributed by atoms with Gasteiger partial charge in [0.25, 0.3) is 5.91 Å². The van der Waals surface area contributed by atoms with Crippen molar-refractivity contribution in [3.05, 3.63) is 42.1 Å². The second-order valence-corrected chi connectivity index (χ2v) is 9.13. The van der Waals surface area contributed by atoms with Crippen LogP contribution in [0.1, 0.15) is 36.7 Å². The first-order chi connectivity index (χ1) is 18.8. The Morgan fingerprint density at radius 2 is 1.74 bits per heavy atom. The number of hydrogen-bond acceptors (Lipinski definition) is 10. The predicted octanol–water partition coefficient (Wildman–Crippen LogP) is 1.55. The molecule has 2 aromatic rings. The molecule has 0 saturated carbocycles. The van der Waals surface area contributed by atoms with Crippen molar-refractivity contribution in [1.82, 2.24) is 25.2 Å². The van der Waals surface area contributed by atoms with Gasteiger partial charge in [-0.2, -0.15) is 0 Å². The minimum absolute atomic E-state index is 0.0882. The van der Waals surface area contributed by atoms with E-state index in [0.717, 1.165) is 25.1 Å². The Morgan fingerprint density at radius 3 is 2.36 bits per heavy atom. The van der Waals surface area contributed by atoms with Crippen molar-refractivity contribution in [3.63, 3.8) is 0 Å². The minimum Gasteiger partial charge on any atom is -0.481 e. The van der Waals surface area contributed by atoms with E-state index in [0.29, 0.717) is 11.6 Å². The predicted molar refractivity (Wildman–Crippen MR) is 139 cm³/mol. The normalized spacial score (nSPS) is 16.1. The van der Waals surface area contributed by atoms with Crippen LogP contribution < -0.4 is 10.2 Å². The van der Waals surface area contributed by atoms with E-state index in [4.69, 9.17) is 9.57 Å². The molecule has 208 valence electrons. The quantitative estimate of drug-likeness (QED) is 0.422. The van der Waals surface area contributed by atoms with Crippen molar-refractivity contribution in [2.45, 2.75) is 32.2 Å². The highest BCUT2D eigenvalue weighted by atomic mass is 16.8. The van der Waals surface area contributed by atoms with E-state index in [1.54, 1.807) is 13.0 Å². The van der Waals surface area contributed by atoms with Crippen molar-refractivity contribution >= 4 is 29.8 Å². The highest BCUT2D eigenvalue weighted by Gasteiger charge is 2.31. The van der Waals surface area contributed by atoms with Gasteiger partial charge in [-0.25, -0.2) is 14.8 Å². The third-order valence-corrected chi connectivity index (χ3v) is 6.42. The van der Waals surface area contributed by atoms with Crippen LogP contribution in [0.25, 0.3) is 11.4 Å². The van der Waals surface area contributed by atoms with Crippen LogP contribution in [0.3, 0.4) is 0 Å². The molecule has 2 saturated heterocycles. The van der Waals surface area contributed by atoms with Crippen LogP contribution in [-0.2, 0) is 19.2 Å². The molecule has 4 rings (SSSR count). The van der Waals surface area contributed by atoms with Crippen molar-refractivity contribution in [2.24, 2.45) is 0 Å². The number of carbonyl (C=O) groups is 4. The number of benzene rings is 1. The summed E-state index contributed by atoms with van der Waals surface area (Å²) >= 11 is 0. The topological polar surface area (TPSA) is 154 Å².